The Morgan fingerprint density at radius 3 is 2.46 bits per heavy atom. The zero-order valence-corrected chi connectivity index (χ0v) is 8.38. The third-order valence-corrected chi connectivity index (χ3v) is 3.74. The second-order valence-corrected chi connectivity index (χ2v) is 4.52. The molecular formula is C11H19NO. The van der Waals surface area contributed by atoms with Crippen LogP contribution in [0.25, 0.3) is 0 Å². The van der Waals surface area contributed by atoms with Crippen LogP contribution in [0.2, 0.25) is 0 Å². The lowest BCUT2D eigenvalue weighted by molar-refractivity contribution is -0.130. The van der Waals surface area contributed by atoms with Gasteiger partial charge in [-0.3, -0.25) is 4.79 Å². The van der Waals surface area contributed by atoms with Gasteiger partial charge in [-0.05, 0) is 38.0 Å². The molecule has 1 unspecified atom stereocenters. The summed E-state index contributed by atoms with van der Waals surface area (Å²) in [5.41, 5.74) is 0. The summed E-state index contributed by atoms with van der Waals surface area (Å²) in [6.07, 6.45) is 6.51. The molecular weight excluding hydrogens is 162 g/mol. The molecule has 0 aromatic heterocycles. The first-order valence-corrected chi connectivity index (χ1v) is 5.59. The predicted molar refractivity (Wildman–Crippen MR) is 52.2 cm³/mol. The normalized spacial score (nSPS) is 37.5. The summed E-state index contributed by atoms with van der Waals surface area (Å²) in [7, 11) is 0. The molecule has 0 aromatic carbocycles. The number of rotatable bonds is 2. The van der Waals surface area contributed by atoms with Gasteiger partial charge in [-0.2, -0.15) is 0 Å². The highest BCUT2D eigenvalue weighted by Crippen LogP contribution is 2.44. The second-order valence-electron chi connectivity index (χ2n) is 4.52. The van der Waals surface area contributed by atoms with E-state index in [0.717, 1.165) is 18.9 Å². The fourth-order valence-electron chi connectivity index (χ4n) is 3.00. The monoisotopic (exact) mass is 181 g/mol. The van der Waals surface area contributed by atoms with E-state index in [1.165, 1.54) is 25.7 Å². The van der Waals surface area contributed by atoms with E-state index < -0.39 is 0 Å². The smallest absolute Gasteiger partial charge is 0.223 e. The summed E-state index contributed by atoms with van der Waals surface area (Å²) in [5.74, 6) is 2.23. The molecule has 3 aliphatic carbocycles. The number of fused-ring (bicyclic) bond motifs is 3. The summed E-state index contributed by atoms with van der Waals surface area (Å²) in [4.78, 5) is 11.7. The summed E-state index contributed by atoms with van der Waals surface area (Å²) in [6, 6.07) is 0. The van der Waals surface area contributed by atoms with Crippen molar-refractivity contribution in [3.05, 3.63) is 0 Å². The molecule has 3 aliphatic rings. The first kappa shape index (κ1) is 9.04. The van der Waals surface area contributed by atoms with Crippen LogP contribution in [0.4, 0.5) is 0 Å². The number of carbonyl (C=O) groups is 1. The molecule has 0 radical (unpaired) electrons. The number of hydrogen-bond donors (Lipinski definition) is 1. The van der Waals surface area contributed by atoms with Gasteiger partial charge < -0.3 is 5.32 Å². The number of nitrogens with one attached hydrogen (secondary N) is 1. The molecule has 3 fully saturated rings. The van der Waals surface area contributed by atoms with Gasteiger partial charge in [-0.25, -0.2) is 0 Å². The fourth-order valence-corrected chi connectivity index (χ4v) is 3.00. The maximum absolute atomic E-state index is 11.7. The van der Waals surface area contributed by atoms with Crippen molar-refractivity contribution in [1.82, 2.24) is 5.32 Å². The minimum Gasteiger partial charge on any atom is -0.356 e. The van der Waals surface area contributed by atoms with Gasteiger partial charge >= 0.3 is 0 Å². The van der Waals surface area contributed by atoms with E-state index in [9.17, 15) is 4.79 Å². The Hall–Kier alpha value is -0.530. The van der Waals surface area contributed by atoms with Crippen LogP contribution in [0.3, 0.4) is 0 Å². The van der Waals surface area contributed by atoms with E-state index in [-0.39, 0.29) is 0 Å². The molecule has 1 atom stereocenters. The van der Waals surface area contributed by atoms with Crippen molar-refractivity contribution in [1.29, 1.82) is 0 Å². The highest BCUT2D eigenvalue weighted by molar-refractivity contribution is 5.79. The molecule has 2 bridgehead atoms. The standard InChI is InChI=1S/C11H19NO/c1-2-12-11(13)10-7-8-3-5-9(10)6-4-8/h8-10H,2-7H2,1H3,(H,12,13). The van der Waals surface area contributed by atoms with Crippen molar-refractivity contribution in [2.24, 2.45) is 17.8 Å². The Morgan fingerprint density at radius 2 is 2.00 bits per heavy atom. The summed E-state index contributed by atoms with van der Waals surface area (Å²) >= 11 is 0. The molecule has 0 aliphatic heterocycles. The van der Waals surface area contributed by atoms with E-state index in [0.29, 0.717) is 17.7 Å². The SMILES string of the molecule is CCNC(=O)C1CC2CCC1CC2. The lowest BCUT2D eigenvalue weighted by Gasteiger charge is -2.41. The molecule has 0 saturated heterocycles. The van der Waals surface area contributed by atoms with Gasteiger partial charge in [-0.1, -0.05) is 12.8 Å². The van der Waals surface area contributed by atoms with E-state index in [1.807, 2.05) is 6.92 Å². The summed E-state index contributed by atoms with van der Waals surface area (Å²) in [5, 5.41) is 2.96. The van der Waals surface area contributed by atoms with Crippen LogP contribution in [0, 0.1) is 17.8 Å². The Kier molecular flexibility index (Phi) is 2.56. The Balaban J connectivity index is 1.96. The number of hydrogen-bond acceptors (Lipinski definition) is 1. The molecule has 13 heavy (non-hydrogen) atoms. The molecule has 2 heteroatoms. The Bertz CT molecular complexity index is 194. The van der Waals surface area contributed by atoms with Gasteiger partial charge in [0, 0.05) is 12.5 Å². The Morgan fingerprint density at radius 1 is 1.31 bits per heavy atom. The molecule has 74 valence electrons. The average molecular weight is 181 g/mol. The molecule has 0 spiro atoms. The molecule has 3 rings (SSSR count). The van der Waals surface area contributed by atoms with E-state index >= 15 is 0 Å². The van der Waals surface area contributed by atoms with Crippen molar-refractivity contribution in [2.45, 2.75) is 39.0 Å². The van der Waals surface area contributed by atoms with Gasteiger partial charge in [0.25, 0.3) is 0 Å². The third kappa shape index (κ3) is 1.72. The van der Waals surface area contributed by atoms with Crippen LogP contribution in [0.15, 0.2) is 0 Å². The van der Waals surface area contributed by atoms with Crippen molar-refractivity contribution >= 4 is 5.91 Å². The predicted octanol–water partition coefficient (Wildman–Crippen LogP) is 1.95. The lowest BCUT2D eigenvalue weighted by Crippen LogP contribution is -2.41. The highest BCUT2D eigenvalue weighted by Gasteiger charge is 2.38. The van der Waals surface area contributed by atoms with Crippen LogP contribution >= 0.6 is 0 Å². The van der Waals surface area contributed by atoms with E-state index in [2.05, 4.69) is 5.32 Å². The zero-order valence-electron chi connectivity index (χ0n) is 8.38. The molecule has 1 N–H and O–H groups in total. The molecule has 1 amide bonds. The van der Waals surface area contributed by atoms with E-state index in [1.54, 1.807) is 0 Å². The largest absolute Gasteiger partial charge is 0.356 e. The maximum atomic E-state index is 11.7. The number of carbonyl (C=O) groups excluding carboxylic acids is 1. The minimum atomic E-state index is 0.317. The topological polar surface area (TPSA) is 29.1 Å². The highest BCUT2D eigenvalue weighted by atomic mass is 16.1. The quantitative estimate of drug-likeness (QED) is 0.693. The second kappa shape index (κ2) is 3.69. The van der Waals surface area contributed by atoms with Gasteiger partial charge in [0.05, 0.1) is 0 Å². The van der Waals surface area contributed by atoms with Gasteiger partial charge in [-0.15, -0.1) is 0 Å². The average Bonchev–Trinajstić information content (AvgIpc) is 2.20. The van der Waals surface area contributed by atoms with Gasteiger partial charge in [0.1, 0.15) is 0 Å². The van der Waals surface area contributed by atoms with Crippen LogP contribution in [-0.2, 0) is 4.79 Å². The van der Waals surface area contributed by atoms with Crippen LogP contribution in [0.1, 0.15) is 39.0 Å². The van der Waals surface area contributed by atoms with Gasteiger partial charge in [0.2, 0.25) is 5.91 Å². The molecule has 0 aromatic rings. The van der Waals surface area contributed by atoms with Crippen molar-refractivity contribution in [3.63, 3.8) is 0 Å². The van der Waals surface area contributed by atoms with Crippen LogP contribution < -0.4 is 5.32 Å². The summed E-state index contributed by atoms with van der Waals surface area (Å²) < 4.78 is 0. The molecule has 3 saturated carbocycles. The van der Waals surface area contributed by atoms with Crippen LogP contribution in [0.5, 0.6) is 0 Å². The van der Waals surface area contributed by atoms with Gasteiger partial charge in [0.15, 0.2) is 0 Å². The Labute approximate surface area is 80.1 Å². The van der Waals surface area contributed by atoms with E-state index in [4.69, 9.17) is 0 Å². The minimum absolute atomic E-state index is 0.317. The lowest BCUT2D eigenvalue weighted by atomic mass is 9.64. The maximum Gasteiger partial charge on any atom is 0.223 e. The van der Waals surface area contributed by atoms with Crippen molar-refractivity contribution < 1.29 is 4.79 Å². The van der Waals surface area contributed by atoms with Crippen molar-refractivity contribution in [3.8, 4) is 0 Å². The molecule has 0 heterocycles. The summed E-state index contributed by atoms with van der Waals surface area (Å²) in [6.45, 7) is 2.78. The number of amides is 1. The van der Waals surface area contributed by atoms with Crippen molar-refractivity contribution in [2.75, 3.05) is 6.54 Å². The fraction of sp³-hybridized carbons (Fsp3) is 0.909. The zero-order chi connectivity index (χ0) is 9.26. The van der Waals surface area contributed by atoms with Crippen LogP contribution in [-0.4, -0.2) is 12.5 Å². The third-order valence-electron chi connectivity index (χ3n) is 3.74. The first-order chi connectivity index (χ1) is 6.31. The molecule has 2 nitrogen and oxygen atoms in total. The first-order valence-electron chi connectivity index (χ1n) is 5.59.